The summed E-state index contributed by atoms with van der Waals surface area (Å²) in [5, 5.41) is 12.3. The summed E-state index contributed by atoms with van der Waals surface area (Å²) in [5.41, 5.74) is 0.668. The van der Waals surface area contributed by atoms with Gasteiger partial charge in [0.15, 0.2) is 5.76 Å². The van der Waals surface area contributed by atoms with Crippen molar-refractivity contribution < 1.29 is 24.0 Å². The molecule has 1 aliphatic rings. The Bertz CT molecular complexity index is 874. The number of amides is 1. The predicted octanol–water partition coefficient (Wildman–Crippen LogP) is 2.39. The molecule has 0 saturated heterocycles. The standard InChI is InChI=1S/C21H23FN2O3S/c1-3-23(4-2)11-12-24-18(14-7-9-15(22)10-8-14)17(20(26)21(24)27)19(25)16-6-5-13-28-16/h5-10,13,18,26H,3-4,11-12H2,1-2H3/p+1/t18-/m1/s1. The highest BCUT2D eigenvalue weighted by atomic mass is 32.1. The molecule has 3 rings (SSSR count). The van der Waals surface area contributed by atoms with Crippen LogP contribution in [0.1, 0.15) is 35.1 Å². The highest BCUT2D eigenvalue weighted by Gasteiger charge is 2.44. The molecule has 1 aromatic carbocycles. The number of hydrogen-bond donors (Lipinski definition) is 2. The van der Waals surface area contributed by atoms with Crippen molar-refractivity contribution in [1.29, 1.82) is 0 Å². The van der Waals surface area contributed by atoms with Crippen LogP contribution < -0.4 is 4.90 Å². The number of nitrogens with one attached hydrogen (secondary N) is 1. The number of benzene rings is 1. The number of carbonyl (C=O) groups excluding carboxylic acids is 2. The van der Waals surface area contributed by atoms with Gasteiger partial charge in [0.25, 0.3) is 5.91 Å². The van der Waals surface area contributed by atoms with Crippen LogP contribution in [0.3, 0.4) is 0 Å². The molecule has 0 spiro atoms. The normalized spacial score (nSPS) is 17.1. The second kappa shape index (κ2) is 8.67. The first-order valence-corrected chi connectivity index (χ1v) is 10.3. The first kappa shape index (κ1) is 20.2. The zero-order valence-corrected chi connectivity index (χ0v) is 16.8. The van der Waals surface area contributed by atoms with Gasteiger partial charge in [0.1, 0.15) is 5.82 Å². The molecule has 0 saturated carbocycles. The smallest absolute Gasteiger partial charge is 0.290 e. The van der Waals surface area contributed by atoms with Gasteiger partial charge in [-0.2, -0.15) is 0 Å². The number of thiophene rings is 1. The Labute approximate surface area is 167 Å². The number of aliphatic hydroxyl groups is 1. The maximum absolute atomic E-state index is 13.4. The Balaban J connectivity index is 1.99. The van der Waals surface area contributed by atoms with Crippen LogP contribution in [0, 0.1) is 5.82 Å². The molecular weight excluding hydrogens is 379 g/mol. The summed E-state index contributed by atoms with van der Waals surface area (Å²) in [7, 11) is 0. The number of quaternary nitrogens is 1. The van der Waals surface area contributed by atoms with Gasteiger partial charge in [-0.3, -0.25) is 9.59 Å². The lowest BCUT2D eigenvalue weighted by molar-refractivity contribution is -0.895. The van der Waals surface area contributed by atoms with E-state index in [1.165, 1.54) is 33.3 Å². The zero-order chi connectivity index (χ0) is 20.3. The van der Waals surface area contributed by atoms with Crippen LogP contribution in [0.15, 0.2) is 53.1 Å². The molecule has 2 N–H and O–H groups in total. The van der Waals surface area contributed by atoms with Crippen LogP contribution in [0.25, 0.3) is 0 Å². The van der Waals surface area contributed by atoms with Gasteiger partial charge in [0.2, 0.25) is 5.78 Å². The van der Waals surface area contributed by atoms with E-state index >= 15 is 0 Å². The highest BCUT2D eigenvalue weighted by Crippen LogP contribution is 2.39. The van der Waals surface area contributed by atoms with Gasteiger partial charge in [-0.1, -0.05) is 18.2 Å². The van der Waals surface area contributed by atoms with Crippen molar-refractivity contribution in [3.63, 3.8) is 0 Å². The molecule has 1 aliphatic heterocycles. The van der Waals surface area contributed by atoms with Crippen molar-refractivity contribution in [2.45, 2.75) is 19.9 Å². The lowest BCUT2D eigenvalue weighted by Gasteiger charge is -2.28. The maximum Gasteiger partial charge on any atom is 0.290 e. The lowest BCUT2D eigenvalue weighted by Crippen LogP contribution is -3.12. The number of Topliss-reactive ketones (excluding diaryl/α,β-unsaturated/α-hetero) is 1. The molecule has 7 heteroatoms. The summed E-state index contributed by atoms with van der Waals surface area (Å²) in [6.45, 7) is 7.07. The molecule has 0 unspecified atom stereocenters. The van der Waals surface area contributed by atoms with Crippen LogP contribution >= 0.6 is 11.3 Å². The van der Waals surface area contributed by atoms with Crippen molar-refractivity contribution in [3.05, 3.63) is 69.4 Å². The fourth-order valence-electron chi connectivity index (χ4n) is 3.53. The molecule has 0 fully saturated rings. The summed E-state index contributed by atoms with van der Waals surface area (Å²) in [6, 6.07) is 8.42. The van der Waals surface area contributed by atoms with Crippen LogP contribution in [-0.2, 0) is 4.79 Å². The Kier molecular flexibility index (Phi) is 6.26. The van der Waals surface area contributed by atoms with E-state index in [1.807, 2.05) is 0 Å². The minimum absolute atomic E-state index is 0.0635. The van der Waals surface area contributed by atoms with E-state index in [4.69, 9.17) is 0 Å². The summed E-state index contributed by atoms with van der Waals surface area (Å²) < 4.78 is 13.4. The monoisotopic (exact) mass is 403 g/mol. The van der Waals surface area contributed by atoms with E-state index in [0.29, 0.717) is 23.5 Å². The van der Waals surface area contributed by atoms with E-state index in [2.05, 4.69) is 13.8 Å². The van der Waals surface area contributed by atoms with E-state index < -0.39 is 23.5 Å². The van der Waals surface area contributed by atoms with Crippen LogP contribution in [0.2, 0.25) is 0 Å². The first-order valence-electron chi connectivity index (χ1n) is 9.39. The molecular formula is C21H24FN2O3S+. The van der Waals surface area contributed by atoms with Crippen molar-refractivity contribution in [2.24, 2.45) is 0 Å². The van der Waals surface area contributed by atoms with Crippen LogP contribution in [-0.4, -0.2) is 47.9 Å². The zero-order valence-electron chi connectivity index (χ0n) is 15.9. The van der Waals surface area contributed by atoms with Gasteiger partial charge in [0, 0.05) is 0 Å². The van der Waals surface area contributed by atoms with Crippen LogP contribution in [0.5, 0.6) is 0 Å². The summed E-state index contributed by atoms with van der Waals surface area (Å²) in [6.07, 6.45) is 0. The van der Waals surface area contributed by atoms with E-state index in [0.717, 1.165) is 13.1 Å². The van der Waals surface area contributed by atoms with Crippen molar-refractivity contribution in [1.82, 2.24) is 4.90 Å². The third-order valence-electron chi connectivity index (χ3n) is 5.19. The number of carbonyl (C=O) groups is 2. The Morgan fingerprint density at radius 1 is 1.21 bits per heavy atom. The van der Waals surface area contributed by atoms with Crippen LogP contribution in [0.4, 0.5) is 4.39 Å². The molecule has 2 aromatic rings. The number of aliphatic hydroxyl groups excluding tert-OH is 1. The fraction of sp³-hybridized carbons (Fsp3) is 0.333. The largest absolute Gasteiger partial charge is 0.503 e. The topological polar surface area (TPSA) is 62.1 Å². The molecule has 0 bridgehead atoms. The minimum Gasteiger partial charge on any atom is -0.503 e. The predicted molar refractivity (Wildman–Crippen MR) is 106 cm³/mol. The van der Waals surface area contributed by atoms with Gasteiger partial charge in [-0.15, -0.1) is 11.3 Å². The van der Waals surface area contributed by atoms with Crippen molar-refractivity contribution in [2.75, 3.05) is 26.2 Å². The Hall–Kier alpha value is -2.51. The number of rotatable bonds is 8. The molecule has 28 heavy (non-hydrogen) atoms. The van der Waals surface area contributed by atoms with Gasteiger partial charge < -0.3 is 14.9 Å². The minimum atomic E-state index is -0.724. The average molecular weight is 403 g/mol. The van der Waals surface area contributed by atoms with Gasteiger partial charge in [0.05, 0.1) is 42.7 Å². The number of halogens is 1. The quantitative estimate of drug-likeness (QED) is 0.666. The number of likely N-dealkylation sites (N-methyl/N-ethyl adjacent to an activating group) is 1. The summed E-state index contributed by atoms with van der Waals surface area (Å²) in [4.78, 5) is 29.1. The second-order valence-corrected chi connectivity index (χ2v) is 7.68. The van der Waals surface area contributed by atoms with E-state index in [1.54, 1.807) is 29.6 Å². The molecule has 5 nitrogen and oxygen atoms in total. The molecule has 0 radical (unpaired) electrons. The SMILES string of the molecule is CC[NH+](CC)CCN1C(=O)C(O)=C(C(=O)c2cccs2)[C@H]1c1ccc(F)cc1. The molecule has 0 aliphatic carbocycles. The van der Waals surface area contributed by atoms with Gasteiger partial charge in [-0.25, -0.2) is 4.39 Å². The summed E-state index contributed by atoms with van der Waals surface area (Å²) in [5.74, 6) is -1.83. The Morgan fingerprint density at radius 2 is 1.89 bits per heavy atom. The number of ketones is 1. The third kappa shape index (κ3) is 3.86. The fourth-order valence-corrected chi connectivity index (χ4v) is 4.21. The van der Waals surface area contributed by atoms with E-state index in [-0.39, 0.29) is 11.4 Å². The Morgan fingerprint density at radius 3 is 2.46 bits per heavy atom. The number of nitrogens with zero attached hydrogens (tertiary/aromatic N) is 1. The van der Waals surface area contributed by atoms with Gasteiger partial charge in [-0.05, 0) is 43.0 Å². The average Bonchev–Trinajstić information content (AvgIpc) is 3.32. The highest BCUT2D eigenvalue weighted by molar-refractivity contribution is 7.12. The van der Waals surface area contributed by atoms with E-state index in [9.17, 15) is 19.1 Å². The molecule has 148 valence electrons. The molecule has 1 atom stereocenters. The van der Waals surface area contributed by atoms with Crippen molar-refractivity contribution >= 4 is 23.0 Å². The van der Waals surface area contributed by atoms with Crippen molar-refractivity contribution in [3.8, 4) is 0 Å². The molecule has 2 heterocycles. The lowest BCUT2D eigenvalue weighted by atomic mass is 9.95. The maximum atomic E-state index is 13.4. The first-order chi connectivity index (χ1) is 13.5. The molecule has 1 amide bonds. The number of hydrogen-bond acceptors (Lipinski definition) is 4. The summed E-state index contributed by atoms with van der Waals surface area (Å²) >= 11 is 1.26. The third-order valence-corrected chi connectivity index (χ3v) is 6.05. The van der Waals surface area contributed by atoms with Gasteiger partial charge >= 0.3 is 0 Å². The molecule has 1 aromatic heterocycles. The second-order valence-electron chi connectivity index (χ2n) is 6.73.